The predicted molar refractivity (Wildman–Crippen MR) is 541 cm³/mol. The molecule has 5 fully saturated rings. The standard InChI is InChI=1S/C25H32N2O.C24H30N2O.C22H28N2O.C17H23N2.C17H17N2.C11H13N2/c1-16-9-11-19-20-12-10-17(2)26-23(20)28-22(19)21(16)27-18(3)25(15-24(27,4)5)13-7-6-8-14-25;1-16-10-11-18-19-9-8-14-25-22(19)27-21(18)20(16)26-17(2)24(15-23(26,3)4)12-6-5-7-13-24;1-13-8-10-16-17-11-9-14(2)23-20(17)25-19(16)18(13)24-15(3)21(4,5)12-22(24,6)7;1-12-8-7-9-13-15(12)19-14(10-11-18(19)6)17(4,5)16(13,2)3;1-14-8-6-7-11-16(14)19-13-12-17(18(19)2)15-9-4-3-5-10-15;1-10-6-3-4-7-11(10)13-9-5-8-12(13)2/h9-12,18H,6-8,13-15H2,1-5H3;8-11,14,17H,5-7,12-13,15H2,1-4H3;8-11,15H,12H2,1-7H3;7-11H,1-6H3;3-13H,1-2H3;3-9H,1-2H3/q;;;3*+1/i2*15D2;4D3,12D2;;;. The number of benzene rings is 7. The summed E-state index contributed by atoms with van der Waals surface area (Å²) >= 11 is 0. The first-order valence-electron chi connectivity index (χ1n) is 52.1. The largest absolute Gasteiger partial charge is 0.436 e. The maximum Gasteiger partial charge on any atom is 0.238 e. The van der Waals surface area contributed by atoms with E-state index in [9.17, 15) is 5.48 Å². The van der Waals surface area contributed by atoms with Crippen LogP contribution in [0, 0.1) is 71.6 Å². The third kappa shape index (κ3) is 16.1. The van der Waals surface area contributed by atoms with Crippen LogP contribution in [0.25, 0.3) is 94.5 Å². The Hall–Kier alpha value is -11.6. The van der Waals surface area contributed by atoms with Crippen LogP contribution < -0.4 is 28.7 Å². The molecule has 3 saturated heterocycles. The van der Waals surface area contributed by atoms with Crippen molar-refractivity contribution >= 4 is 83.3 Å². The summed E-state index contributed by atoms with van der Waals surface area (Å²) in [5, 5.41) is 5.95. The molecule has 4 atom stereocenters. The molecule has 13 heterocycles. The van der Waals surface area contributed by atoms with Gasteiger partial charge in [0.2, 0.25) is 22.8 Å². The van der Waals surface area contributed by atoms with Crippen LogP contribution in [0.1, 0.15) is 255 Å². The summed E-state index contributed by atoms with van der Waals surface area (Å²) in [6.07, 6.45) is 16.3. The molecule has 4 unspecified atom stereocenters. The second kappa shape index (κ2) is 34.5. The highest BCUT2D eigenvalue weighted by Crippen LogP contribution is 2.60. The van der Waals surface area contributed by atoms with Crippen molar-refractivity contribution < 1.29 is 39.6 Å². The number of hydrogen-bond acceptors (Lipinski definition) is 9. The monoisotopic (exact) mass is 1760 g/mol. The molecular weight excluding hydrogens is 1610 g/mol. The molecule has 0 N–H and O–H groups in total. The number of fused-ring (bicyclic) bond motifs is 12. The summed E-state index contributed by atoms with van der Waals surface area (Å²) < 4.78 is 112. The van der Waals surface area contributed by atoms with Crippen molar-refractivity contribution in [3.8, 4) is 28.3 Å². The van der Waals surface area contributed by atoms with Gasteiger partial charge in [0.05, 0.1) is 35.1 Å². The van der Waals surface area contributed by atoms with E-state index in [1.807, 2.05) is 100 Å². The molecule has 2 spiro atoms. The first-order chi connectivity index (χ1) is 65.8. The van der Waals surface area contributed by atoms with Crippen molar-refractivity contribution in [1.29, 1.82) is 0 Å². The first-order valence-corrected chi connectivity index (χ1v) is 47.6. The molecule has 0 amide bonds. The van der Waals surface area contributed by atoms with Crippen LogP contribution in [0.4, 0.5) is 17.1 Å². The van der Waals surface area contributed by atoms with Gasteiger partial charge in [-0.2, -0.15) is 0 Å². The lowest BCUT2D eigenvalue weighted by atomic mass is 9.60. The van der Waals surface area contributed by atoms with Gasteiger partial charge in [0, 0.05) is 132 Å². The number of hydrogen-bond donors (Lipinski definition) is 0. The number of aromatic nitrogens is 9. The van der Waals surface area contributed by atoms with Crippen LogP contribution in [0.5, 0.6) is 0 Å². The normalized spacial score (nSPS) is 22.6. The molecule has 2 saturated carbocycles. The van der Waals surface area contributed by atoms with Gasteiger partial charge in [0.25, 0.3) is 0 Å². The molecule has 0 bridgehead atoms. The van der Waals surface area contributed by atoms with Gasteiger partial charge in [0.1, 0.15) is 17.1 Å². The smallest absolute Gasteiger partial charge is 0.238 e. The van der Waals surface area contributed by atoms with Crippen molar-refractivity contribution in [2.75, 3.05) is 14.7 Å². The van der Waals surface area contributed by atoms with Crippen molar-refractivity contribution in [3.63, 3.8) is 0 Å². The Morgan fingerprint density at radius 3 is 1.31 bits per heavy atom. The van der Waals surface area contributed by atoms with Crippen LogP contribution in [-0.4, -0.2) is 63.7 Å². The zero-order chi connectivity index (χ0) is 101. The quantitative estimate of drug-likeness (QED) is 0.150. The van der Waals surface area contributed by atoms with Gasteiger partial charge in [-0.05, 0) is 278 Å². The Morgan fingerprint density at radius 1 is 0.382 bits per heavy atom. The zero-order valence-electron chi connectivity index (χ0n) is 91.2. The summed E-state index contributed by atoms with van der Waals surface area (Å²) in [7, 11) is 6.25. The second-order valence-electron chi connectivity index (χ2n) is 41.1. The number of aryl methyl sites for hydroxylation is 10. The lowest BCUT2D eigenvalue weighted by molar-refractivity contribution is -0.745. The zero-order valence-corrected chi connectivity index (χ0v) is 82.2. The van der Waals surface area contributed by atoms with Crippen molar-refractivity contribution in [1.82, 2.24) is 29.0 Å². The maximum atomic E-state index is 9.34. The van der Waals surface area contributed by atoms with E-state index in [2.05, 4.69) is 323 Å². The summed E-state index contributed by atoms with van der Waals surface area (Å²) in [4.78, 5) is 20.2. The third-order valence-electron chi connectivity index (χ3n) is 30.6. The van der Waals surface area contributed by atoms with Gasteiger partial charge in [-0.15, -0.1) is 28.1 Å². The van der Waals surface area contributed by atoms with Crippen LogP contribution in [-0.2, 0) is 32.0 Å². The van der Waals surface area contributed by atoms with Crippen LogP contribution >= 0.6 is 0 Å². The average Bonchev–Trinajstić information content (AvgIpc) is 1.52. The fourth-order valence-electron chi connectivity index (χ4n) is 23.1. The van der Waals surface area contributed by atoms with Crippen molar-refractivity contribution in [3.05, 3.63) is 275 Å². The predicted octanol–water partition coefficient (Wildman–Crippen LogP) is 27.6. The van der Waals surface area contributed by atoms with Crippen LogP contribution in [0.15, 0.2) is 232 Å². The molecule has 682 valence electrons. The highest BCUT2D eigenvalue weighted by atomic mass is 16.3. The van der Waals surface area contributed by atoms with Crippen LogP contribution in [0.2, 0.25) is 0 Å². The van der Waals surface area contributed by atoms with Crippen LogP contribution in [0.3, 0.4) is 0 Å². The van der Waals surface area contributed by atoms with E-state index < -0.39 is 54.0 Å². The number of nitrogens with zero attached hydrogens (tertiary/aromatic N) is 12. The SMILES string of the molecule is Cc1cccc2c1-n1c(cc[n+]1C)C(C)(C)C2(C)C.Cc1ccccc1-n1ccc(-c2ccccc2)[n+]1C.Cc1ccccc1-n1ccc[n+]1C.[2H]C([2H])([2H])C1(C)C(C)N(c2c(C)ccc3c2oc2nc(C)ccc23)C(C)(C)C1([2H])[2H].[2H]C1([2H])C2(CCCCC2)C(C)N(c2c(C)ccc3c2oc2nc(C)ccc23)C1(C)C.[2H]C1([2H])C2(CCCCC2)C(C)N(c2c(C)ccc3c2oc2ncccc23)C1(C)C. The Morgan fingerprint density at radius 2 is 0.824 bits per heavy atom. The number of para-hydroxylation sites is 3. The lowest BCUT2D eigenvalue weighted by Crippen LogP contribution is -2.51. The molecule has 6 aliphatic rings. The Bertz CT molecular complexity index is 7370. The van der Waals surface area contributed by atoms with E-state index in [4.69, 9.17) is 20.1 Å². The summed E-state index contributed by atoms with van der Waals surface area (Å²) in [6, 6.07) is 64.5. The fourth-order valence-corrected chi connectivity index (χ4v) is 23.1. The molecule has 9 aromatic heterocycles. The number of pyridine rings is 3. The number of rotatable bonds is 6. The minimum Gasteiger partial charge on any atom is -0.436 e. The minimum absolute atomic E-state index is 0.0926. The summed E-state index contributed by atoms with van der Waals surface area (Å²) in [5.74, 6) is 0. The van der Waals surface area contributed by atoms with Gasteiger partial charge in [-0.3, -0.25) is 0 Å². The molecule has 7 aromatic carbocycles. The maximum absolute atomic E-state index is 9.34. The van der Waals surface area contributed by atoms with Gasteiger partial charge >= 0.3 is 0 Å². The highest BCUT2D eigenvalue weighted by molar-refractivity contribution is 6.11. The average molecular weight is 1760 g/mol. The highest BCUT2D eigenvalue weighted by Gasteiger charge is 2.57. The number of anilines is 3. The topological polar surface area (TPSA) is 114 Å². The first kappa shape index (κ1) is 80.3. The fraction of sp³-hybridized carbons (Fsp3) is 0.431. The second-order valence-corrected chi connectivity index (χ2v) is 41.1. The third-order valence-corrected chi connectivity index (χ3v) is 30.6. The van der Waals surface area contributed by atoms with Gasteiger partial charge in [-0.25, -0.2) is 15.0 Å². The van der Waals surface area contributed by atoms with Crippen molar-refractivity contribution in [2.24, 2.45) is 37.4 Å². The van der Waals surface area contributed by atoms with E-state index in [1.165, 1.54) is 69.1 Å². The van der Waals surface area contributed by atoms with Crippen molar-refractivity contribution in [2.45, 2.75) is 288 Å². The van der Waals surface area contributed by atoms with E-state index in [1.54, 1.807) is 27.0 Å². The summed E-state index contributed by atoms with van der Waals surface area (Å²) in [5.41, 5.74) is 20.5. The molecule has 15 heteroatoms. The van der Waals surface area contributed by atoms with Gasteiger partial charge in [-0.1, -0.05) is 189 Å². The number of furan rings is 3. The minimum atomic E-state index is -2.48. The molecule has 0 radical (unpaired) electrons. The molecule has 16 aromatic rings. The van der Waals surface area contributed by atoms with E-state index in [0.717, 1.165) is 140 Å². The Balaban J connectivity index is 0.000000118. The van der Waals surface area contributed by atoms with Gasteiger partial charge in [0.15, 0.2) is 50.3 Å². The molecular formula is C116H143N12O3+3. The Kier molecular flexibility index (Phi) is 21.2. The Labute approximate surface area is 791 Å². The summed E-state index contributed by atoms with van der Waals surface area (Å²) in [6.45, 7) is 43.2. The molecule has 131 heavy (non-hydrogen) atoms. The molecule has 22 rings (SSSR count). The van der Waals surface area contributed by atoms with Gasteiger partial charge < -0.3 is 28.0 Å². The van der Waals surface area contributed by atoms with E-state index in [0.29, 0.717) is 22.7 Å². The lowest BCUT2D eigenvalue weighted by Gasteiger charge is -2.46. The molecule has 4 aliphatic heterocycles. The molecule has 2 aliphatic carbocycles. The molecule has 15 nitrogen and oxygen atoms in total. The van der Waals surface area contributed by atoms with E-state index in [-0.39, 0.29) is 33.7 Å². The van der Waals surface area contributed by atoms with E-state index >= 15 is 0 Å².